The summed E-state index contributed by atoms with van der Waals surface area (Å²) in [6.45, 7) is 3.20. The van der Waals surface area contributed by atoms with Crippen LogP contribution in [0.3, 0.4) is 0 Å². The highest BCUT2D eigenvalue weighted by molar-refractivity contribution is 7.19. The zero-order chi connectivity index (χ0) is 26.2. The zero-order valence-corrected chi connectivity index (χ0v) is 21.2. The molecule has 1 fully saturated rings. The predicted molar refractivity (Wildman–Crippen MR) is 143 cm³/mol. The van der Waals surface area contributed by atoms with Gasteiger partial charge in [-0.2, -0.15) is 0 Å². The van der Waals surface area contributed by atoms with Gasteiger partial charge in [0.15, 0.2) is 17.5 Å². The van der Waals surface area contributed by atoms with Crippen LogP contribution in [0.1, 0.15) is 15.2 Å². The van der Waals surface area contributed by atoms with Gasteiger partial charge in [-0.25, -0.2) is 25.4 Å². The quantitative estimate of drug-likeness (QED) is 0.190. The highest BCUT2D eigenvalue weighted by Crippen LogP contribution is 2.38. The van der Waals surface area contributed by atoms with E-state index in [0.717, 1.165) is 45.0 Å². The second-order valence-corrected chi connectivity index (χ2v) is 10.0. The molecule has 4 aromatic heterocycles. The van der Waals surface area contributed by atoms with Crippen molar-refractivity contribution in [2.75, 3.05) is 43.2 Å². The molecule has 0 aliphatic carbocycles. The third-order valence-corrected chi connectivity index (χ3v) is 7.50. The Morgan fingerprint density at radius 2 is 2.03 bits per heavy atom. The molecule has 13 heteroatoms. The fourth-order valence-electron chi connectivity index (χ4n) is 4.52. The number of nitrogens with zero attached hydrogens (tertiary/aromatic N) is 6. The number of carbonyl (C=O) groups is 1. The van der Waals surface area contributed by atoms with Crippen LogP contribution in [-0.4, -0.2) is 74.5 Å². The standard InChI is InChI=1S/C25H24N8O4S/c1-32(25-27-11-15(12-28-25)23(34)31-36)13-16-9-18-20(38-16)22(33-5-7-37-8-6-33)30-21(29-18)17-4-2-3-14-10-26-24(35)19(14)17/h2-4,9-12,26,35-36H,5-8,13H2,1H3,(H,31,34). The molecule has 1 amide bonds. The van der Waals surface area contributed by atoms with E-state index in [4.69, 9.17) is 19.9 Å². The normalized spacial score (nSPS) is 13.8. The van der Waals surface area contributed by atoms with Gasteiger partial charge >= 0.3 is 0 Å². The fourth-order valence-corrected chi connectivity index (χ4v) is 5.68. The summed E-state index contributed by atoms with van der Waals surface area (Å²) < 4.78 is 6.54. The van der Waals surface area contributed by atoms with E-state index in [1.807, 2.05) is 36.2 Å². The maximum atomic E-state index is 11.6. The van der Waals surface area contributed by atoms with Crippen molar-refractivity contribution in [2.45, 2.75) is 6.54 Å². The van der Waals surface area contributed by atoms with Crippen molar-refractivity contribution in [1.29, 1.82) is 0 Å². The number of H-pyrrole nitrogens is 1. The summed E-state index contributed by atoms with van der Waals surface area (Å²) in [6.07, 6.45) is 4.49. The van der Waals surface area contributed by atoms with Crippen molar-refractivity contribution in [1.82, 2.24) is 30.4 Å². The smallest absolute Gasteiger partial charge is 0.277 e. The molecular weight excluding hydrogens is 508 g/mol. The number of rotatable bonds is 6. The largest absolute Gasteiger partial charge is 0.494 e. The van der Waals surface area contributed by atoms with Crippen LogP contribution in [-0.2, 0) is 11.3 Å². The highest BCUT2D eigenvalue weighted by Gasteiger charge is 2.22. The van der Waals surface area contributed by atoms with Crippen LogP contribution in [0.15, 0.2) is 42.9 Å². The van der Waals surface area contributed by atoms with E-state index in [1.165, 1.54) is 12.4 Å². The Bertz CT molecular complexity index is 1630. The van der Waals surface area contributed by atoms with Gasteiger partial charge in [0.25, 0.3) is 5.91 Å². The van der Waals surface area contributed by atoms with Gasteiger partial charge in [-0.05, 0) is 6.07 Å². The molecule has 12 nitrogen and oxygen atoms in total. The molecule has 1 aliphatic heterocycles. The average molecular weight is 533 g/mol. The van der Waals surface area contributed by atoms with Gasteiger partial charge < -0.3 is 24.6 Å². The van der Waals surface area contributed by atoms with Gasteiger partial charge in [-0.3, -0.25) is 10.0 Å². The Kier molecular flexibility index (Phi) is 6.23. The fraction of sp³-hybridized carbons (Fsp3) is 0.240. The lowest BCUT2D eigenvalue weighted by Crippen LogP contribution is -2.36. The number of aromatic hydroxyl groups is 1. The molecule has 6 rings (SSSR count). The lowest BCUT2D eigenvalue weighted by atomic mass is 10.1. The second-order valence-electron chi connectivity index (χ2n) is 8.87. The number of nitrogens with one attached hydrogen (secondary N) is 2. The molecule has 0 atom stereocenters. The minimum Gasteiger partial charge on any atom is -0.494 e. The van der Waals surface area contributed by atoms with Crippen molar-refractivity contribution >= 4 is 50.0 Å². The number of morpholine rings is 1. The summed E-state index contributed by atoms with van der Waals surface area (Å²) in [6, 6.07) is 7.81. The van der Waals surface area contributed by atoms with Crippen LogP contribution in [0.4, 0.5) is 11.8 Å². The first-order valence-corrected chi connectivity index (χ1v) is 12.7. The zero-order valence-electron chi connectivity index (χ0n) is 20.4. The van der Waals surface area contributed by atoms with Crippen LogP contribution >= 0.6 is 11.3 Å². The molecule has 5 heterocycles. The third-order valence-electron chi connectivity index (χ3n) is 6.39. The SMILES string of the molecule is CN(Cc1cc2nc(-c3cccc4c[nH]c(O)c34)nc(N3CCOCC3)c2s1)c1ncc(C(=O)NO)cn1. The van der Waals surface area contributed by atoms with Crippen molar-refractivity contribution in [2.24, 2.45) is 0 Å². The summed E-state index contributed by atoms with van der Waals surface area (Å²) in [5.41, 5.74) is 3.30. The number of fused-ring (bicyclic) bond motifs is 2. The first kappa shape index (κ1) is 24.0. The summed E-state index contributed by atoms with van der Waals surface area (Å²) in [5.74, 6) is 1.24. The number of ether oxygens (including phenoxy) is 1. The van der Waals surface area contributed by atoms with Crippen molar-refractivity contribution in [3.05, 3.63) is 53.3 Å². The lowest BCUT2D eigenvalue weighted by Gasteiger charge is -2.28. The van der Waals surface area contributed by atoms with E-state index in [1.54, 1.807) is 23.0 Å². The molecular formula is C25H24N8O4S. The number of amides is 1. The summed E-state index contributed by atoms with van der Waals surface area (Å²) in [5, 5.41) is 20.8. The van der Waals surface area contributed by atoms with E-state index in [0.29, 0.717) is 36.9 Å². The molecule has 0 unspecified atom stereocenters. The topological polar surface area (TPSA) is 153 Å². The molecule has 4 N–H and O–H groups in total. The number of carbonyl (C=O) groups excluding carboxylic acids is 1. The Hall–Kier alpha value is -4.33. The van der Waals surface area contributed by atoms with Crippen molar-refractivity contribution < 1.29 is 19.8 Å². The van der Waals surface area contributed by atoms with Crippen LogP contribution in [0.25, 0.3) is 32.4 Å². The van der Waals surface area contributed by atoms with E-state index in [2.05, 4.69) is 19.9 Å². The number of aromatic nitrogens is 5. The van der Waals surface area contributed by atoms with Gasteiger partial charge in [-0.15, -0.1) is 11.3 Å². The number of hydrogen-bond acceptors (Lipinski definition) is 11. The second kappa shape index (κ2) is 9.85. The minimum absolute atomic E-state index is 0.0855. The van der Waals surface area contributed by atoms with Crippen LogP contribution in [0, 0.1) is 0 Å². The summed E-state index contributed by atoms with van der Waals surface area (Å²) in [7, 11) is 1.86. The Balaban J connectivity index is 1.39. The van der Waals surface area contributed by atoms with Crippen molar-refractivity contribution in [3.8, 4) is 17.3 Å². The monoisotopic (exact) mass is 532 g/mol. The molecule has 0 spiro atoms. The number of hydroxylamine groups is 1. The van der Waals surface area contributed by atoms with E-state index < -0.39 is 5.91 Å². The summed E-state index contributed by atoms with van der Waals surface area (Å²) >= 11 is 1.61. The van der Waals surface area contributed by atoms with Crippen molar-refractivity contribution in [3.63, 3.8) is 0 Å². The summed E-state index contributed by atoms with van der Waals surface area (Å²) in [4.78, 5) is 38.0. The first-order valence-electron chi connectivity index (χ1n) is 11.9. The molecule has 1 saturated heterocycles. The van der Waals surface area contributed by atoms with E-state index in [9.17, 15) is 9.90 Å². The molecule has 0 radical (unpaired) electrons. The van der Waals surface area contributed by atoms with Crippen LogP contribution < -0.4 is 15.3 Å². The molecule has 194 valence electrons. The Morgan fingerprint density at radius 1 is 1.24 bits per heavy atom. The molecule has 1 aliphatic rings. The van der Waals surface area contributed by atoms with Crippen LogP contribution in [0.5, 0.6) is 5.88 Å². The predicted octanol–water partition coefficient (Wildman–Crippen LogP) is 2.93. The maximum Gasteiger partial charge on any atom is 0.277 e. The molecule has 5 aromatic rings. The van der Waals surface area contributed by atoms with Gasteiger partial charge in [-0.1, -0.05) is 18.2 Å². The number of thiophene rings is 1. The molecule has 0 saturated carbocycles. The van der Waals surface area contributed by atoms with E-state index in [-0.39, 0.29) is 11.4 Å². The first-order chi connectivity index (χ1) is 18.5. The lowest BCUT2D eigenvalue weighted by molar-refractivity contribution is 0.0705. The van der Waals surface area contributed by atoms with Gasteiger partial charge in [0, 0.05) is 54.6 Å². The van der Waals surface area contributed by atoms with Gasteiger partial charge in [0.1, 0.15) is 0 Å². The van der Waals surface area contributed by atoms with Gasteiger partial charge in [0.2, 0.25) is 5.95 Å². The third kappa shape index (κ3) is 4.36. The molecule has 38 heavy (non-hydrogen) atoms. The molecule has 1 aromatic carbocycles. The number of anilines is 2. The Labute approximate surface area is 220 Å². The van der Waals surface area contributed by atoms with Crippen LogP contribution in [0.2, 0.25) is 0 Å². The Morgan fingerprint density at radius 3 is 2.79 bits per heavy atom. The van der Waals surface area contributed by atoms with E-state index >= 15 is 0 Å². The maximum absolute atomic E-state index is 11.6. The minimum atomic E-state index is -0.669. The van der Waals surface area contributed by atoms with Gasteiger partial charge in [0.05, 0.1) is 40.9 Å². The number of hydrogen-bond donors (Lipinski definition) is 4. The highest BCUT2D eigenvalue weighted by atomic mass is 32.1. The number of benzene rings is 1. The average Bonchev–Trinajstić information content (AvgIpc) is 3.55. The number of aromatic amines is 1. The molecule has 0 bridgehead atoms.